The largest absolute Gasteiger partial charge is 0.496 e. The van der Waals surface area contributed by atoms with E-state index in [4.69, 9.17) is 4.74 Å². The summed E-state index contributed by atoms with van der Waals surface area (Å²) in [7, 11) is 1.65. The maximum atomic E-state index is 10.2. The third-order valence-corrected chi connectivity index (χ3v) is 3.64. The number of ether oxygens (including phenoxy) is 1. The van der Waals surface area contributed by atoms with Crippen molar-refractivity contribution in [2.24, 2.45) is 0 Å². The van der Waals surface area contributed by atoms with Gasteiger partial charge in [0.1, 0.15) is 5.75 Å². The molecule has 0 fully saturated rings. The van der Waals surface area contributed by atoms with Crippen LogP contribution in [0.25, 0.3) is 0 Å². The van der Waals surface area contributed by atoms with Crippen LogP contribution in [0.15, 0.2) is 18.2 Å². The molecular weight excluding hydrogens is 256 g/mol. The number of aliphatic hydroxyl groups is 1. The summed E-state index contributed by atoms with van der Waals surface area (Å²) in [5, 5.41) is 10.7. The Bertz CT molecular complexity index is 334. The average molecular weight is 273 g/mol. The summed E-state index contributed by atoms with van der Waals surface area (Å²) in [4.78, 5) is 0. The molecular formula is C12H17BrO2. The van der Waals surface area contributed by atoms with Crippen molar-refractivity contribution in [3.05, 3.63) is 29.3 Å². The predicted octanol–water partition coefficient (Wildman–Crippen LogP) is 2.86. The Hall–Kier alpha value is -0.540. The highest BCUT2D eigenvalue weighted by molar-refractivity contribution is 9.09. The fourth-order valence-corrected chi connectivity index (χ4v) is 2.00. The van der Waals surface area contributed by atoms with Crippen LogP contribution < -0.4 is 4.74 Å². The van der Waals surface area contributed by atoms with Crippen LogP contribution in [0.2, 0.25) is 0 Å². The molecule has 0 spiro atoms. The Morgan fingerprint density at radius 3 is 2.60 bits per heavy atom. The average Bonchev–Trinajstić information content (AvgIpc) is 2.27. The van der Waals surface area contributed by atoms with E-state index in [-0.39, 0.29) is 0 Å². The van der Waals surface area contributed by atoms with E-state index < -0.39 is 5.60 Å². The first-order valence-corrected chi connectivity index (χ1v) is 6.13. The van der Waals surface area contributed by atoms with Crippen LogP contribution in [0.5, 0.6) is 5.75 Å². The Morgan fingerprint density at radius 2 is 2.13 bits per heavy atom. The highest BCUT2D eigenvalue weighted by Gasteiger charge is 2.25. The quantitative estimate of drug-likeness (QED) is 0.855. The molecule has 15 heavy (non-hydrogen) atoms. The molecule has 0 heterocycles. The van der Waals surface area contributed by atoms with E-state index in [1.807, 2.05) is 18.2 Å². The Morgan fingerprint density at radius 1 is 1.47 bits per heavy atom. The summed E-state index contributed by atoms with van der Waals surface area (Å²) in [6, 6.07) is 5.78. The van der Waals surface area contributed by atoms with E-state index in [1.54, 1.807) is 14.0 Å². The molecule has 0 saturated carbocycles. The summed E-state index contributed by atoms with van der Waals surface area (Å²) in [5.41, 5.74) is 1.16. The number of hydrogen-bond donors (Lipinski definition) is 1. The van der Waals surface area contributed by atoms with Crippen molar-refractivity contribution in [2.75, 3.05) is 12.4 Å². The van der Waals surface area contributed by atoms with Gasteiger partial charge in [0.2, 0.25) is 0 Å². The molecule has 1 unspecified atom stereocenters. The zero-order chi connectivity index (χ0) is 11.5. The van der Waals surface area contributed by atoms with E-state index in [9.17, 15) is 5.11 Å². The first kappa shape index (κ1) is 12.5. The number of halogens is 1. The number of methoxy groups -OCH3 is 1. The van der Waals surface area contributed by atoms with E-state index in [1.165, 1.54) is 0 Å². The molecule has 0 radical (unpaired) electrons. The summed E-state index contributed by atoms with van der Waals surface area (Å²) < 4.78 is 5.29. The smallest absolute Gasteiger partial charge is 0.122 e. The van der Waals surface area contributed by atoms with Crippen LogP contribution in [0.4, 0.5) is 0 Å². The molecule has 1 atom stereocenters. The molecule has 0 aliphatic carbocycles. The van der Waals surface area contributed by atoms with Crippen LogP contribution in [0.3, 0.4) is 0 Å². The number of hydrogen-bond acceptors (Lipinski definition) is 2. The summed E-state index contributed by atoms with van der Waals surface area (Å²) in [6.45, 7) is 3.86. The Labute approximate surface area is 99.4 Å². The summed E-state index contributed by atoms with van der Waals surface area (Å²) >= 11 is 3.33. The molecule has 0 bridgehead atoms. The van der Waals surface area contributed by atoms with E-state index >= 15 is 0 Å². The first-order valence-electron chi connectivity index (χ1n) is 5.01. The lowest BCUT2D eigenvalue weighted by molar-refractivity contribution is 0.0840. The number of alkyl halides is 1. The van der Waals surface area contributed by atoms with Gasteiger partial charge in [-0.15, -0.1) is 0 Å². The van der Waals surface area contributed by atoms with Crippen molar-refractivity contribution < 1.29 is 9.84 Å². The van der Waals surface area contributed by atoms with Gasteiger partial charge in [-0.3, -0.25) is 0 Å². The van der Waals surface area contributed by atoms with Crippen molar-refractivity contribution in [1.29, 1.82) is 0 Å². The number of rotatable bonds is 4. The first-order chi connectivity index (χ1) is 7.06. The van der Waals surface area contributed by atoms with Crippen LogP contribution in [-0.4, -0.2) is 17.5 Å². The molecule has 1 aromatic carbocycles. The minimum Gasteiger partial charge on any atom is -0.496 e. The molecule has 84 valence electrons. The third-order valence-electron chi connectivity index (χ3n) is 2.55. The minimum absolute atomic E-state index is 0.514. The second kappa shape index (κ2) is 4.99. The molecule has 1 N–H and O–H groups in total. The highest BCUT2D eigenvalue weighted by Crippen LogP contribution is 2.31. The summed E-state index contributed by atoms with van der Waals surface area (Å²) in [5.74, 6) is 0.844. The fourth-order valence-electron chi connectivity index (χ4n) is 1.70. The molecule has 0 aromatic heterocycles. The lowest BCUT2D eigenvalue weighted by Crippen LogP contribution is -2.24. The molecule has 0 aliphatic heterocycles. The minimum atomic E-state index is -0.847. The van der Waals surface area contributed by atoms with Gasteiger partial charge in [0.25, 0.3) is 0 Å². The Balaban J connectivity index is 3.29. The Kier molecular flexibility index (Phi) is 4.17. The van der Waals surface area contributed by atoms with Gasteiger partial charge in [0.05, 0.1) is 12.7 Å². The number of benzene rings is 1. The van der Waals surface area contributed by atoms with Crippen molar-refractivity contribution in [3.63, 3.8) is 0 Å². The normalized spacial score (nSPS) is 14.7. The second-order valence-corrected chi connectivity index (χ2v) is 4.31. The molecule has 1 aromatic rings. The van der Waals surface area contributed by atoms with Crippen molar-refractivity contribution in [1.82, 2.24) is 0 Å². The molecule has 1 rings (SSSR count). The van der Waals surface area contributed by atoms with Crippen LogP contribution in [-0.2, 0) is 12.0 Å². The molecule has 0 saturated heterocycles. The SMILES string of the molecule is CCc1c(OC)cccc1C(C)(O)CBr. The maximum Gasteiger partial charge on any atom is 0.122 e. The monoisotopic (exact) mass is 272 g/mol. The topological polar surface area (TPSA) is 29.5 Å². The summed E-state index contributed by atoms with van der Waals surface area (Å²) in [6.07, 6.45) is 0.850. The van der Waals surface area contributed by atoms with Crippen molar-refractivity contribution in [2.45, 2.75) is 25.9 Å². The van der Waals surface area contributed by atoms with Gasteiger partial charge in [-0.2, -0.15) is 0 Å². The molecule has 2 nitrogen and oxygen atoms in total. The lowest BCUT2D eigenvalue weighted by atomic mass is 9.91. The van der Waals surface area contributed by atoms with Crippen LogP contribution in [0.1, 0.15) is 25.0 Å². The van der Waals surface area contributed by atoms with Crippen LogP contribution >= 0.6 is 15.9 Å². The van der Waals surface area contributed by atoms with E-state index in [0.717, 1.165) is 23.3 Å². The van der Waals surface area contributed by atoms with Gasteiger partial charge >= 0.3 is 0 Å². The molecule has 0 aliphatic rings. The highest BCUT2D eigenvalue weighted by atomic mass is 79.9. The fraction of sp³-hybridized carbons (Fsp3) is 0.500. The predicted molar refractivity (Wildman–Crippen MR) is 65.7 cm³/mol. The van der Waals surface area contributed by atoms with Gasteiger partial charge in [-0.05, 0) is 30.5 Å². The van der Waals surface area contributed by atoms with Crippen LogP contribution in [0, 0.1) is 0 Å². The van der Waals surface area contributed by atoms with Gasteiger partial charge in [-0.1, -0.05) is 35.0 Å². The zero-order valence-corrected chi connectivity index (χ0v) is 11.0. The maximum absolute atomic E-state index is 10.2. The molecule has 0 amide bonds. The zero-order valence-electron chi connectivity index (χ0n) is 9.38. The third kappa shape index (κ3) is 2.52. The van der Waals surface area contributed by atoms with Crippen molar-refractivity contribution >= 4 is 15.9 Å². The van der Waals surface area contributed by atoms with Gasteiger partial charge in [0.15, 0.2) is 0 Å². The standard InChI is InChI=1S/C12H17BrO2/c1-4-9-10(12(2,14)8-13)6-5-7-11(9)15-3/h5-7,14H,4,8H2,1-3H3. The van der Waals surface area contributed by atoms with Gasteiger partial charge < -0.3 is 9.84 Å². The van der Waals surface area contributed by atoms with Crippen molar-refractivity contribution in [3.8, 4) is 5.75 Å². The lowest BCUT2D eigenvalue weighted by Gasteiger charge is -2.25. The van der Waals surface area contributed by atoms with Gasteiger partial charge in [0, 0.05) is 5.33 Å². The second-order valence-electron chi connectivity index (χ2n) is 3.75. The van der Waals surface area contributed by atoms with E-state index in [0.29, 0.717) is 5.33 Å². The van der Waals surface area contributed by atoms with E-state index in [2.05, 4.69) is 22.9 Å². The van der Waals surface area contributed by atoms with Gasteiger partial charge in [-0.25, -0.2) is 0 Å². The molecule has 3 heteroatoms.